The lowest BCUT2D eigenvalue weighted by atomic mass is 9.89. The first kappa shape index (κ1) is 11.9. The Kier molecular flexibility index (Phi) is 3.64. The summed E-state index contributed by atoms with van der Waals surface area (Å²) in [7, 11) is 1.59. The molecule has 92 valence electrons. The molecule has 0 aliphatic carbocycles. The van der Waals surface area contributed by atoms with Crippen molar-refractivity contribution < 1.29 is 19.4 Å². The van der Waals surface area contributed by atoms with E-state index in [9.17, 15) is 9.90 Å². The Labute approximate surface area is 100 Å². The number of rotatable bonds is 3. The predicted molar refractivity (Wildman–Crippen MR) is 62.0 cm³/mol. The molecule has 0 radical (unpaired) electrons. The summed E-state index contributed by atoms with van der Waals surface area (Å²) in [6, 6.07) is 7.41. The van der Waals surface area contributed by atoms with Gasteiger partial charge in [-0.3, -0.25) is 4.79 Å². The van der Waals surface area contributed by atoms with E-state index in [-0.39, 0.29) is 6.10 Å². The van der Waals surface area contributed by atoms with Gasteiger partial charge in [0.1, 0.15) is 5.75 Å². The van der Waals surface area contributed by atoms with Crippen LogP contribution in [0.1, 0.15) is 24.5 Å². The van der Waals surface area contributed by atoms with Crippen LogP contribution in [0.4, 0.5) is 0 Å². The molecule has 4 nitrogen and oxygen atoms in total. The fraction of sp³-hybridized carbons (Fsp3) is 0.462. The van der Waals surface area contributed by atoms with E-state index in [1.54, 1.807) is 7.11 Å². The van der Waals surface area contributed by atoms with Crippen LogP contribution in [-0.4, -0.2) is 24.8 Å². The Bertz CT molecular complexity index is 402. The molecule has 2 unspecified atom stereocenters. The second-order valence-electron chi connectivity index (χ2n) is 4.15. The van der Waals surface area contributed by atoms with E-state index in [0.717, 1.165) is 17.7 Å². The van der Waals surface area contributed by atoms with Crippen molar-refractivity contribution in [2.24, 2.45) is 5.92 Å². The number of carbonyl (C=O) groups is 1. The Balaban J connectivity index is 2.26. The Hall–Kier alpha value is -1.55. The molecule has 1 aliphatic heterocycles. The van der Waals surface area contributed by atoms with Gasteiger partial charge in [-0.15, -0.1) is 0 Å². The number of carboxylic acid groups (broad SMARTS) is 1. The van der Waals surface area contributed by atoms with Gasteiger partial charge in [0.15, 0.2) is 0 Å². The SMILES string of the molecule is COc1cccc(C2OCCCC2C(=O)O)c1. The van der Waals surface area contributed by atoms with Crippen LogP contribution in [0.5, 0.6) is 5.75 Å². The predicted octanol–water partition coefficient (Wildman–Crippen LogP) is 2.25. The van der Waals surface area contributed by atoms with Crippen LogP contribution in [0, 0.1) is 5.92 Å². The lowest BCUT2D eigenvalue weighted by molar-refractivity contribution is -0.151. The Morgan fingerprint density at radius 2 is 2.35 bits per heavy atom. The number of ether oxygens (including phenoxy) is 2. The van der Waals surface area contributed by atoms with Crippen LogP contribution in [-0.2, 0) is 9.53 Å². The summed E-state index contributed by atoms with van der Waals surface area (Å²) in [4.78, 5) is 11.2. The van der Waals surface area contributed by atoms with Crippen molar-refractivity contribution >= 4 is 5.97 Å². The molecule has 1 heterocycles. The van der Waals surface area contributed by atoms with Gasteiger partial charge in [0, 0.05) is 6.61 Å². The fourth-order valence-corrected chi connectivity index (χ4v) is 2.18. The van der Waals surface area contributed by atoms with Crippen molar-refractivity contribution in [2.45, 2.75) is 18.9 Å². The van der Waals surface area contributed by atoms with Gasteiger partial charge < -0.3 is 14.6 Å². The van der Waals surface area contributed by atoms with Gasteiger partial charge in [-0.2, -0.15) is 0 Å². The molecule has 17 heavy (non-hydrogen) atoms. The van der Waals surface area contributed by atoms with Crippen molar-refractivity contribution in [3.63, 3.8) is 0 Å². The number of carboxylic acids is 1. The maximum absolute atomic E-state index is 11.2. The van der Waals surface area contributed by atoms with Gasteiger partial charge in [-0.05, 0) is 30.5 Å². The molecule has 2 rings (SSSR count). The zero-order valence-electron chi connectivity index (χ0n) is 9.76. The number of benzene rings is 1. The van der Waals surface area contributed by atoms with Crippen LogP contribution < -0.4 is 4.74 Å². The third-order valence-electron chi connectivity index (χ3n) is 3.06. The zero-order chi connectivity index (χ0) is 12.3. The van der Waals surface area contributed by atoms with Crippen LogP contribution in [0.3, 0.4) is 0 Å². The molecule has 1 N–H and O–H groups in total. The quantitative estimate of drug-likeness (QED) is 0.874. The second kappa shape index (κ2) is 5.19. The van der Waals surface area contributed by atoms with Crippen LogP contribution in [0.2, 0.25) is 0 Å². The highest BCUT2D eigenvalue weighted by molar-refractivity contribution is 5.71. The molecule has 1 fully saturated rings. The summed E-state index contributed by atoms with van der Waals surface area (Å²) in [5.41, 5.74) is 0.872. The minimum Gasteiger partial charge on any atom is -0.497 e. The highest BCUT2D eigenvalue weighted by Crippen LogP contribution is 2.34. The zero-order valence-corrected chi connectivity index (χ0v) is 9.76. The molecule has 4 heteroatoms. The van der Waals surface area contributed by atoms with E-state index < -0.39 is 11.9 Å². The number of hydrogen-bond acceptors (Lipinski definition) is 3. The molecule has 1 aromatic rings. The van der Waals surface area contributed by atoms with E-state index in [2.05, 4.69) is 0 Å². The highest BCUT2D eigenvalue weighted by Gasteiger charge is 2.33. The van der Waals surface area contributed by atoms with E-state index in [4.69, 9.17) is 9.47 Å². The van der Waals surface area contributed by atoms with Gasteiger partial charge in [0.25, 0.3) is 0 Å². The summed E-state index contributed by atoms with van der Waals surface area (Å²) in [6.07, 6.45) is 1.10. The monoisotopic (exact) mass is 236 g/mol. The second-order valence-corrected chi connectivity index (χ2v) is 4.15. The fourth-order valence-electron chi connectivity index (χ4n) is 2.18. The topological polar surface area (TPSA) is 55.8 Å². The molecule has 0 spiro atoms. The minimum atomic E-state index is -0.794. The van der Waals surface area contributed by atoms with Gasteiger partial charge in [0.2, 0.25) is 0 Å². The molecule has 1 saturated heterocycles. The smallest absolute Gasteiger partial charge is 0.309 e. The third-order valence-corrected chi connectivity index (χ3v) is 3.06. The van der Waals surface area contributed by atoms with Crippen molar-refractivity contribution in [3.05, 3.63) is 29.8 Å². The summed E-state index contributed by atoms with van der Waals surface area (Å²) in [5.74, 6) is -0.533. The average molecular weight is 236 g/mol. The molecule has 0 amide bonds. The first-order chi connectivity index (χ1) is 8.22. The van der Waals surface area contributed by atoms with Crippen molar-refractivity contribution in [1.82, 2.24) is 0 Å². The molecule has 1 aliphatic rings. The Morgan fingerprint density at radius 1 is 1.53 bits per heavy atom. The number of hydrogen-bond donors (Lipinski definition) is 1. The first-order valence-corrected chi connectivity index (χ1v) is 5.70. The van der Waals surface area contributed by atoms with E-state index >= 15 is 0 Å². The summed E-state index contributed by atoms with van der Waals surface area (Å²) in [6.45, 7) is 0.617. The largest absolute Gasteiger partial charge is 0.497 e. The van der Waals surface area contributed by atoms with Crippen LogP contribution >= 0.6 is 0 Å². The third kappa shape index (κ3) is 2.58. The minimum absolute atomic E-state index is 0.364. The summed E-state index contributed by atoms with van der Waals surface area (Å²) in [5, 5.41) is 9.19. The normalized spacial score (nSPS) is 24.3. The van der Waals surface area contributed by atoms with E-state index in [1.165, 1.54) is 0 Å². The number of aliphatic carboxylic acids is 1. The van der Waals surface area contributed by atoms with Gasteiger partial charge in [0.05, 0.1) is 19.1 Å². The lowest BCUT2D eigenvalue weighted by Gasteiger charge is -2.29. The maximum Gasteiger partial charge on any atom is 0.309 e. The molecule has 1 aromatic carbocycles. The number of methoxy groups -OCH3 is 1. The van der Waals surface area contributed by atoms with E-state index in [1.807, 2.05) is 24.3 Å². The maximum atomic E-state index is 11.2. The van der Waals surface area contributed by atoms with Crippen molar-refractivity contribution in [2.75, 3.05) is 13.7 Å². The van der Waals surface area contributed by atoms with Crippen molar-refractivity contribution in [3.8, 4) is 5.75 Å². The molecular weight excluding hydrogens is 220 g/mol. The van der Waals surface area contributed by atoms with Gasteiger partial charge >= 0.3 is 5.97 Å². The Morgan fingerprint density at radius 3 is 3.06 bits per heavy atom. The first-order valence-electron chi connectivity index (χ1n) is 5.70. The summed E-state index contributed by atoms with van der Waals surface area (Å²) >= 11 is 0. The molecule has 0 bridgehead atoms. The lowest BCUT2D eigenvalue weighted by Crippen LogP contribution is -2.28. The van der Waals surface area contributed by atoms with Gasteiger partial charge in [-0.1, -0.05) is 12.1 Å². The van der Waals surface area contributed by atoms with Crippen LogP contribution in [0.15, 0.2) is 24.3 Å². The van der Waals surface area contributed by atoms with Crippen LogP contribution in [0.25, 0.3) is 0 Å². The van der Waals surface area contributed by atoms with Crippen molar-refractivity contribution in [1.29, 1.82) is 0 Å². The molecular formula is C13H16O4. The summed E-state index contributed by atoms with van der Waals surface area (Å²) < 4.78 is 10.7. The molecule has 0 saturated carbocycles. The molecule has 2 atom stereocenters. The standard InChI is InChI=1S/C13H16O4/c1-16-10-5-2-4-9(8-10)12-11(13(14)15)6-3-7-17-12/h2,4-5,8,11-12H,3,6-7H2,1H3,(H,14,15). The highest BCUT2D eigenvalue weighted by atomic mass is 16.5. The molecule has 0 aromatic heterocycles. The van der Waals surface area contributed by atoms with Gasteiger partial charge in [-0.25, -0.2) is 0 Å². The average Bonchev–Trinajstić information content (AvgIpc) is 2.39. The van der Waals surface area contributed by atoms with E-state index in [0.29, 0.717) is 13.0 Å².